The minimum absolute atomic E-state index is 0.00778. The number of amides is 1. The third kappa shape index (κ3) is 5.40. The first-order valence-electron chi connectivity index (χ1n) is 8.04. The molecule has 1 amide bonds. The molecule has 0 bridgehead atoms. The van der Waals surface area contributed by atoms with Gasteiger partial charge < -0.3 is 15.4 Å². The van der Waals surface area contributed by atoms with Crippen LogP contribution in [0.1, 0.15) is 46.1 Å². The van der Waals surface area contributed by atoms with Crippen molar-refractivity contribution >= 4 is 17.5 Å². The van der Waals surface area contributed by atoms with E-state index in [-0.39, 0.29) is 29.6 Å². The van der Waals surface area contributed by atoms with Crippen molar-refractivity contribution in [3.05, 3.63) is 28.8 Å². The van der Waals surface area contributed by atoms with Crippen LogP contribution in [0.15, 0.2) is 18.2 Å². The molecule has 4 nitrogen and oxygen atoms in total. The zero-order chi connectivity index (χ0) is 17.3. The third-order valence-electron chi connectivity index (χ3n) is 4.05. The predicted octanol–water partition coefficient (Wildman–Crippen LogP) is 3.45. The van der Waals surface area contributed by atoms with Gasteiger partial charge in [0.2, 0.25) is 0 Å². The fourth-order valence-electron chi connectivity index (χ4n) is 3.55. The molecule has 0 unspecified atom stereocenters. The van der Waals surface area contributed by atoms with Gasteiger partial charge in [-0.25, -0.2) is 0 Å². The van der Waals surface area contributed by atoms with Gasteiger partial charge in [0.1, 0.15) is 5.75 Å². The molecule has 1 aliphatic rings. The van der Waals surface area contributed by atoms with Crippen molar-refractivity contribution in [3.63, 3.8) is 0 Å². The second kappa shape index (κ2) is 6.70. The van der Waals surface area contributed by atoms with Crippen molar-refractivity contribution < 1.29 is 9.53 Å². The van der Waals surface area contributed by atoms with Gasteiger partial charge in [-0.15, -0.1) is 0 Å². The Kier molecular flexibility index (Phi) is 5.27. The molecule has 0 saturated carbocycles. The minimum Gasteiger partial charge on any atom is -0.484 e. The number of carbonyl (C=O) groups excluding carboxylic acids is 1. The van der Waals surface area contributed by atoms with E-state index in [1.807, 2.05) is 13.0 Å². The molecule has 0 spiro atoms. The molecule has 0 aromatic heterocycles. The van der Waals surface area contributed by atoms with Crippen LogP contribution in [0.25, 0.3) is 0 Å². The summed E-state index contributed by atoms with van der Waals surface area (Å²) >= 11 is 5.98. The fraction of sp³-hybridized carbons (Fsp3) is 0.611. The van der Waals surface area contributed by atoms with Crippen LogP contribution >= 0.6 is 11.6 Å². The summed E-state index contributed by atoms with van der Waals surface area (Å²) in [4.78, 5) is 12.2. The molecule has 0 atom stereocenters. The fourth-order valence-corrected chi connectivity index (χ4v) is 3.67. The Morgan fingerprint density at radius 2 is 1.91 bits per heavy atom. The van der Waals surface area contributed by atoms with E-state index in [1.165, 1.54) is 0 Å². The smallest absolute Gasteiger partial charge is 0.258 e. The van der Waals surface area contributed by atoms with E-state index in [9.17, 15) is 4.79 Å². The van der Waals surface area contributed by atoms with Crippen molar-refractivity contribution in [2.45, 2.75) is 64.6 Å². The number of nitrogens with one attached hydrogen (secondary N) is 2. The Morgan fingerprint density at radius 1 is 1.30 bits per heavy atom. The number of ether oxygens (including phenoxy) is 1. The average molecular weight is 339 g/mol. The molecule has 0 aliphatic carbocycles. The van der Waals surface area contributed by atoms with Crippen molar-refractivity contribution in [2.75, 3.05) is 6.61 Å². The van der Waals surface area contributed by atoms with Gasteiger partial charge in [-0.3, -0.25) is 4.79 Å². The van der Waals surface area contributed by atoms with Gasteiger partial charge in [0.15, 0.2) is 6.61 Å². The maximum Gasteiger partial charge on any atom is 0.258 e. The normalized spacial score (nSPS) is 20.1. The van der Waals surface area contributed by atoms with E-state index in [0.717, 1.165) is 18.4 Å². The zero-order valence-electron chi connectivity index (χ0n) is 14.6. The van der Waals surface area contributed by atoms with Gasteiger partial charge in [-0.05, 0) is 71.2 Å². The average Bonchev–Trinajstić information content (AvgIpc) is 2.36. The molecule has 1 heterocycles. The lowest BCUT2D eigenvalue weighted by atomic mass is 9.79. The summed E-state index contributed by atoms with van der Waals surface area (Å²) in [6.45, 7) is 10.6. The molecular weight excluding hydrogens is 312 g/mol. The summed E-state index contributed by atoms with van der Waals surface area (Å²) in [7, 11) is 0. The van der Waals surface area contributed by atoms with E-state index in [1.54, 1.807) is 12.1 Å². The highest BCUT2D eigenvalue weighted by atomic mass is 35.5. The van der Waals surface area contributed by atoms with Crippen molar-refractivity contribution in [1.29, 1.82) is 0 Å². The minimum atomic E-state index is -0.0869. The first-order valence-corrected chi connectivity index (χ1v) is 8.42. The second-order valence-corrected chi connectivity index (χ2v) is 8.17. The quantitative estimate of drug-likeness (QED) is 0.884. The Bertz CT molecular complexity index is 568. The number of carbonyl (C=O) groups is 1. The van der Waals surface area contributed by atoms with Gasteiger partial charge in [-0.1, -0.05) is 11.6 Å². The van der Waals surface area contributed by atoms with E-state index < -0.39 is 0 Å². The second-order valence-electron chi connectivity index (χ2n) is 7.77. The lowest BCUT2D eigenvalue weighted by Crippen LogP contribution is -2.62. The predicted molar refractivity (Wildman–Crippen MR) is 94.1 cm³/mol. The molecule has 1 aromatic carbocycles. The van der Waals surface area contributed by atoms with Gasteiger partial charge >= 0.3 is 0 Å². The summed E-state index contributed by atoms with van der Waals surface area (Å²) in [5.41, 5.74) is 0.952. The maximum absolute atomic E-state index is 12.2. The number of halogens is 1. The van der Waals surface area contributed by atoms with Gasteiger partial charge in [0.05, 0.1) is 0 Å². The molecule has 1 saturated heterocycles. The van der Waals surface area contributed by atoms with Gasteiger partial charge in [0, 0.05) is 22.1 Å². The largest absolute Gasteiger partial charge is 0.484 e. The lowest BCUT2D eigenvalue weighted by Gasteiger charge is -2.46. The standard InChI is InChI=1S/C18H27ClN2O2/c1-12-8-14(6-7-15(12)19)23-11-16(22)20-13-9-17(2,3)21-18(4,5)10-13/h6-8,13,21H,9-11H2,1-5H3,(H,20,22). The molecular formula is C18H27ClN2O2. The summed E-state index contributed by atoms with van der Waals surface area (Å²) in [5.74, 6) is 0.573. The molecule has 2 N–H and O–H groups in total. The lowest BCUT2D eigenvalue weighted by molar-refractivity contribution is -0.124. The number of piperidine rings is 1. The molecule has 0 radical (unpaired) electrons. The molecule has 23 heavy (non-hydrogen) atoms. The van der Waals surface area contributed by atoms with E-state index in [0.29, 0.717) is 10.8 Å². The van der Waals surface area contributed by atoms with Crippen LogP contribution < -0.4 is 15.4 Å². The van der Waals surface area contributed by atoms with E-state index in [4.69, 9.17) is 16.3 Å². The van der Waals surface area contributed by atoms with Crippen LogP contribution in [-0.4, -0.2) is 29.6 Å². The van der Waals surface area contributed by atoms with Gasteiger partial charge in [-0.2, -0.15) is 0 Å². The summed E-state index contributed by atoms with van der Waals surface area (Å²) in [5, 5.41) is 7.40. The SMILES string of the molecule is Cc1cc(OCC(=O)NC2CC(C)(C)NC(C)(C)C2)ccc1Cl. The Hall–Kier alpha value is -1.26. The summed E-state index contributed by atoms with van der Waals surface area (Å²) < 4.78 is 5.56. The number of hydrogen-bond acceptors (Lipinski definition) is 3. The highest BCUT2D eigenvalue weighted by Gasteiger charge is 2.38. The molecule has 5 heteroatoms. The van der Waals surface area contributed by atoms with Crippen LogP contribution in [0.4, 0.5) is 0 Å². The first-order chi connectivity index (χ1) is 10.6. The van der Waals surface area contributed by atoms with Crippen LogP contribution in [0.3, 0.4) is 0 Å². The molecule has 1 fully saturated rings. The van der Waals surface area contributed by atoms with Crippen molar-refractivity contribution in [3.8, 4) is 5.75 Å². The third-order valence-corrected chi connectivity index (χ3v) is 4.48. The van der Waals surface area contributed by atoms with Crippen LogP contribution in [0, 0.1) is 6.92 Å². The number of rotatable bonds is 4. The monoisotopic (exact) mass is 338 g/mol. The zero-order valence-corrected chi connectivity index (χ0v) is 15.4. The van der Waals surface area contributed by atoms with E-state index in [2.05, 4.69) is 38.3 Å². The molecule has 1 aliphatic heterocycles. The van der Waals surface area contributed by atoms with Gasteiger partial charge in [0.25, 0.3) is 5.91 Å². The molecule has 128 valence electrons. The Balaban J connectivity index is 1.88. The van der Waals surface area contributed by atoms with Crippen molar-refractivity contribution in [2.24, 2.45) is 0 Å². The maximum atomic E-state index is 12.2. The number of benzene rings is 1. The van der Waals surface area contributed by atoms with E-state index >= 15 is 0 Å². The van der Waals surface area contributed by atoms with Crippen LogP contribution in [0.2, 0.25) is 5.02 Å². The topological polar surface area (TPSA) is 50.4 Å². The highest BCUT2D eigenvalue weighted by Crippen LogP contribution is 2.28. The number of aryl methyl sites for hydroxylation is 1. The van der Waals surface area contributed by atoms with Crippen molar-refractivity contribution in [1.82, 2.24) is 10.6 Å². The molecule has 2 rings (SSSR count). The molecule has 1 aromatic rings. The summed E-state index contributed by atoms with van der Waals surface area (Å²) in [6.07, 6.45) is 1.81. The van der Waals surface area contributed by atoms with Crippen LogP contribution in [0.5, 0.6) is 5.75 Å². The number of hydrogen-bond donors (Lipinski definition) is 2. The Labute approximate surface area is 143 Å². The highest BCUT2D eigenvalue weighted by molar-refractivity contribution is 6.31. The Morgan fingerprint density at radius 3 is 2.48 bits per heavy atom. The summed E-state index contributed by atoms with van der Waals surface area (Å²) in [6, 6.07) is 5.55. The first kappa shape index (κ1) is 18.1. The van der Waals surface area contributed by atoms with Crippen LogP contribution in [-0.2, 0) is 4.79 Å².